The number of hydrogen-bond acceptors (Lipinski definition) is 7. The molecule has 27 heavy (non-hydrogen) atoms. The molecule has 1 unspecified atom stereocenters. The highest BCUT2D eigenvalue weighted by molar-refractivity contribution is 6.24. The lowest BCUT2D eigenvalue weighted by Gasteiger charge is -2.19. The molecule has 0 amide bonds. The van der Waals surface area contributed by atoms with E-state index in [2.05, 4.69) is 25.3 Å². The number of alkyl halides is 1. The summed E-state index contributed by atoms with van der Waals surface area (Å²) in [6, 6.07) is -0.636. The Hall–Kier alpha value is -2.07. The molecule has 2 aliphatic rings. The summed E-state index contributed by atoms with van der Waals surface area (Å²) in [5.41, 5.74) is 1.31. The van der Waals surface area contributed by atoms with Crippen molar-refractivity contribution in [2.75, 3.05) is 18.5 Å². The summed E-state index contributed by atoms with van der Waals surface area (Å²) < 4.78 is 14.2. The Labute approximate surface area is 158 Å². The Bertz CT molecular complexity index is 968. The molecule has 2 aromatic heterocycles. The molecule has 10 heteroatoms. The van der Waals surface area contributed by atoms with Gasteiger partial charge in [-0.25, -0.2) is 14.4 Å². The van der Waals surface area contributed by atoms with Crippen LogP contribution in [0.15, 0.2) is 17.4 Å². The fraction of sp³-hybridized carbons (Fsp3) is 0.471. The number of H-pyrrole nitrogens is 1. The van der Waals surface area contributed by atoms with Crippen LogP contribution in [0, 0.1) is 11.7 Å². The Balaban J connectivity index is 1.66. The van der Waals surface area contributed by atoms with Gasteiger partial charge in [-0.1, -0.05) is 6.08 Å². The quantitative estimate of drug-likeness (QED) is 0.429. The van der Waals surface area contributed by atoms with E-state index in [0.29, 0.717) is 17.6 Å². The molecule has 0 radical (unpaired) electrons. The Morgan fingerprint density at radius 3 is 2.89 bits per heavy atom. The second-order valence-electron chi connectivity index (χ2n) is 6.79. The van der Waals surface area contributed by atoms with Gasteiger partial charge in [0.15, 0.2) is 17.5 Å². The number of nitrogens with one attached hydrogen (secondary N) is 2. The normalized spacial score (nSPS) is 29.7. The van der Waals surface area contributed by atoms with Crippen molar-refractivity contribution in [2.24, 2.45) is 10.9 Å². The Morgan fingerprint density at radius 1 is 1.33 bits per heavy atom. The second kappa shape index (κ2) is 7.16. The molecule has 5 atom stereocenters. The zero-order valence-electron chi connectivity index (χ0n) is 14.2. The fourth-order valence-corrected chi connectivity index (χ4v) is 3.74. The van der Waals surface area contributed by atoms with Crippen molar-refractivity contribution in [2.45, 2.75) is 30.0 Å². The first kappa shape index (κ1) is 18.3. The number of aliphatic hydroxyl groups excluding tert-OH is 3. The van der Waals surface area contributed by atoms with Gasteiger partial charge in [0.1, 0.15) is 11.6 Å². The maximum atomic E-state index is 14.2. The van der Waals surface area contributed by atoms with Gasteiger partial charge in [-0.2, -0.15) is 0 Å². The summed E-state index contributed by atoms with van der Waals surface area (Å²) in [5, 5.41) is 32.7. The summed E-state index contributed by atoms with van der Waals surface area (Å²) >= 11 is 6.14. The van der Waals surface area contributed by atoms with Crippen LogP contribution in [0.25, 0.3) is 17.5 Å². The van der Waals surface area contributed by atoms with Crippen LogP contribution in [0.5, 0.6) is 0 Å². The highest BCUT2D eigenvalue weighted by Gasteiger charge is 2.41. The lowest BCUT2D eigenvalue weighted by atomic mass is 10.1. The minimum atomic E-state index is -1.14. The monoisotopic (exact) mass is 395 g/mol. The second-order valence-corrected chi connectivity index (χ2v) is 7.35. The van der Waals surface area contributed by atoms with Crippen molar-refractivity contribution in [3.05, 3.63) is 28.9 Å². The standard InChI is InChI=1S/C17H19ClFN5O3/c18-8-2-9-10(4-21-15(9)20-3-8)16-22-5-11(19)17(24-16)23-12-1-7(6-25)13(26)14(12)27/h2,4-5,7-8,12-14,25-27H,1,3,6H2,(H,20,21)(H,22,23,24)/t7-,8?,12-,13-,14+/m1/s1. The van der Waals surface area contributed by atoms with E-state index in [4.69, 9.17) is 11.6 Å². The minimum absolute atomic E-state index is 0.0834. The molecule has 2 aromatic rings. The topological polar surface area (TPSA) is 127 Å². The number of nitrogens with zero attached hydrogens (tertiary/aromatic N) is 3. The van der Waals surface area contributed by atoms with Crippen LogP contribution < -0.4 is 16.0 Å². The number of fused-ring (bicyclic) bond motifs is 1. The molecule has 1 saturated carbocycles. The van der Waals surface area contributed by atoms with Gasteiger partial charge < -0.3 is 25.6 Å². The van der Waals surface area contributed by atoms with E-state index < -0.39 is 30.0 Å². The number of aliphatic hydroxyl groups is 3. The smallest absolute Gasteiger partial charge is 0.183 e. The number of rotatable bonds is 4. The van der Waals surface area contributed by atoms with Gasteiger partial charge in [0.25, 0.3) is 0 Å². The van der Waals surface area contributed by atoms with Crippen molar-refractivity contribution in [3.8, 4) is 11.4 Å². The summed E-state index contributed by atoms with van der Waals surface area (Å²) in [7, 11) is 0. The molecule has 4 rings (SSSR count). The zero-order valence-corrected chi connectivity index (χ0v) is 14.9. The van der Waals surface area contributed by atoms with E-state index in [1.807, 2.05) is 6.08 Å². The Kier molecular flexibility index (Phi) is 4.85. The van der Waals surface area contributed by atoms with Crippen LogP contribution in [0.4, 0.5) is 10.2 Å². The third-order valence-electron chi connectivity index (χ3n) is 5.01. The van der Waals surface area contributed by atoms with Crippen molar-refractivity contribution in [3.63, 3.8) is 0 Å². The van der Waals surface area contributed by atoms with Gasteiger partial charge in [0, 0.05) is 29.5 Å². The molecule has 5 N–H and O–H groups in total. The third-order valence-corrected chi connectivity index (χ3v) is 5.28. The minimum Gasteiger partial charge on any atom is -0.396 e. The largest absolute Gasteiger partial charge is 0.396 e. The van der Waals surface area contributed by atoms with Gasteiger partial charge in [0.2, 0.25) is 0 Å². The molecule has 1 fully saturated rings. The average Bonchev–Trinajstić information content (AvgIpc) is 3.19. The van der Waals surface area contributed by atoms with Gasteiger partial charge in [-0.15, -0.1) is 11.6 Å². The van der Waals surface area contributed by atoms with E-state index in [9.17, 15) is 19.7 Å². The summed E-state index contributed by atoms with van der Waals surface area (Å²) in [6.07, 6.45) is 2.65. The number of anilines is 1. The molecule has 8 nitrogen and oxygen atoms in total. The Morgan fingerprint density at radius 2 is 2.15 bits per heavy atom. The van der Waals surface area contributed by atoms with Crippen LogP contribution >= 0.6 is 11.6 Å². The highest BCUT2D eigenvalue weighted by Crippen LogP contribution is 2.29. The molecular weight excluding hydrogens is 377 g/mol. The van der Waals surface area contributed by atoms with Crippen molar-refractivity contribution in [1.82, 2.24) is 15.0 Å². The third kappa shape index (κ3) is 3.31. The van der Waals surface area contributed by atoms with Crippen LogP contribution in [0.3, 0.4) is 0 Å². The van der Waals surface area contributed by atoms with E-state index in [0.717, 1.165) is 11.4 Å². The zero-order chi connectivity index (χ0) is 19.1. The highest BCUT2D eigenvalue weighted by atomic mass is 35.5. The van der Waals surface area contributed by atoms with Gasteiger partial charge >= 0.3 is 0 Å². The molecule has 0 bridgehead atoms. The average molecular weight is 396 g/mol. The first-order valence-electron chi connectivity index (χ1n) is 8.62. The van der Waals surface area contributed by atoms with Gasteiger partial charge in [-0.05, 0) is 6.42 Å². The first-order chi connectivity index (χ1) is 13.0. The number of halogens is 2. The van der Waals surface area contributed by atoms with Crippen LogP contribution in [-0.4, -0.2) is 67.1 Å². The number of aromatic amines is 1. The van der Waals surface area contributed by atoms with Crippen LogP contribution in [0.1, 0.15) is 6.42 Å². The van der Waals surface area contributed by atoms with Gasteiger partial charge in [0.05, 0.1) is 30.3 Å². The molecule has 3 heterocycles. The summed E-state index contributed by atoms with van der Waals surface area (Å²) in [6.45, 7) is 0.210. The van der Waals surface area contributed by atoms with Crippen LogP contribution in [-0.2, 0) is 0 Å². The fourth-order valence-electron chi connectivity index (χ4n) is 3.54. The molecule has 1 aliphatic heterocycles. The lowest BCUT2D eigenvalue weighted by Crippen LogP contribution is -2.36. The molecule has 0 aromatic carbocycles. The van der Waals surface area contributed by atoms with Crippen molar-refractivity contribution in [1.29, 1.82) is 0 Å². The maximum absolute atomic E-state index is 14.2. The van der Waals surface area contributed by atoms with Crippen molar-refractivity contribution < 1.29 is 19.7 Å². The van der Waals surface area contributed by atoms with Crippen molar-refractivity contribution >= 4 is 23.5 Å². The predicted octanol–water partition coefficient (Wildman–Crippen LogP) is -0.854. The molecular formula is C17H19ClFN5O3. The number of hydrogen-bond donors (Lipinski definition) is 5. The first-order valence-corrected chi connectivity index (χ1v) is 9.05. The molecule has 1 aliphatic carbocycles. The molecule has 0 saturated heterocycles. The maximum Gasteiger partial charge on any atom is 0.183 e. The number of aromatic nitrogens is 3. The SMILES string of the molecule is OC[C@H]1C[C@@H](Nc2nc(-c3c[nH]c4c3=CC(Cl)CN=4)ncc2F)[C@H](O)[C@@H]1O. The van der Waals surface area contributed by atoms with E-state index in [-0.39, 0.29) is 30.0 Å². The van der Waals surface area contributed by atoms with E-state index in [1.54, 1.807) is 6.20 Å². The summed E-state index contributed by atoms with van der Waals surface area (Å²) in [5.74, 6) is -0.961. The predicted molar refractivity (Wildman–Crippen MR) is 96.1 cm³/mol. The molecule has 144 valence electrons. The molecule has 0 spiro atoms. The summed E-state index contributed by atoms with van der Waals surface area (Å²) in [4.78, 5) is 15.7. The van der Waals surface area contributed by atoms with Gasteiger partial charge in [-0.3, -0.25) is 4.99 Å². The van der Waals surface area contributed by atoms with Crippen LogP contribution in [0.2, 0.25) is 0 Å². The lowest BCUT2D eigenvalue weighted by molar-refractivity contribution is 0.00443. The van der Waals surface area contributed by atoms with E-state index in [1.165, 1.54) is 0 Å². The van der Waals surface area contributed by atoms with E-state index >= 15 is 0 Å².